The lowest BCUT2D eigenvalue weighted by Crippen LogP contribution is -2.75. The number of aliphatic hydroxyl groups is 1. The SMILES string of the molecule is CCC(=O)O[C@@H]1C[C@H](OC(C)=O)[C@@]2(C)[C@@H]([C@@H](O)[C@@H](OC(C)=O)[C@@]3(C)C4=CC[C@@H](c5ccoc5)[C@]4(C)CC[C@@H]32)C1(C)C. The van der Waals surface area contributed by atoms with Crippen molar-refractivity contribution in [2.45, 2.75) is 118 Å². The van der Waals surface area contributed by atoms with Crippen molar-refractivity contribution in [3.05, 3.63) is 35.8 Å². The molecule has 0 aromatic carbocycles. The Kier molecular flexibility index (Phi) is 7.28. The number of ether oxygens (including phenoxy) is 3. The molecule has 0 aliphatic heterocycles. The van der Waals surface area contributed by atoms with Crippen LogP contribution in [0.4, 0.5) is 0 Å². The summed E-state index contributed by atoms with van der Waals surface area (Å²) in [6.45, 7) is 15.1. The van der Waals surface area contributed by atoms with E-state index >= 15 is 0 Å². The maximum Gasteiger partial charge on any atom is 0.305 e. The molecule has 5 rings (SSSR count). The van der Waals surface area contributed by atoms with Gasteiger partial charge in [0.1, 0.15) is 18.3 Å². The van der Waals surface area contributed by atoms with Crippen molar-refractivity contribution in [3.63, 3.8) is 0 Å². The van der Waals surface area contributed by atoms with Crippen molar-refractivity contribution in [1.29, 1.82) is 0 Å². The lowest BCUT2D eigenvalue weighted by atomic mass is 9.36. The number of rotatable bonds is 5. The molecule has 0 radical (unpaired) electrons. The van der Waals surface area contributed by atoms with E-state index in [2.05, 4.69) is 26.8 Å². The molecule has 0 unspecified atom stereocenters. The summed E-state index contributed by atoms with van der Waals surface area (Å²) in [5, 5.41) is 12.4. The third kappa shape index (κ3) is 4.22. The van der Waals surface area contributed by atoms with Gasteiger partial charge < -0.3 is 23.7 Å². The standard InChI is InChI=1S/C33H46O8/c1-9-26(36)41-24-16-25(39-18(2)34)33(8)23-12-14-31(6)21(20-13-15-38-17-20)10-11-22(31)32(23,7)29(40-19(3)35)27(37)28(33)30(24,4)5/h11,13,15,17,21,23-25,27-29,37H,9-10,12,14,16H2,1-8H3/t21-,23-,24+,25-,27+,28-,29+,31-,32-,33-/m0/s1. The molecule has 4 aliphatic rings. The summed E-state index contributed by atoms with van der Waals surface area (Å²) >= 11 is 0. The van der Waals surface area contributed by atoms with Gasteiger partial charge in [0.2, 0.25) is 0 Å². The molecule has 4 aliphatic carbocycles. The van der Waals surface area contributed by atoms with Crippen LogP contribution >= 0.6 is 0 Å². The second-order valence-electron chi connectivity index (χ2n) is 14.1. The van der Waals surface area contributed by atoms with Gasteiger partial charge in [-0.05, 0) is 48.1 Å². The Morgan fingerprint density at radius 2 is 1.71 bits per heavy atom. The van der Waals surface area contributed by atoms with Crippen LogP contribution in [0.25, 0.3) is 0 Å². The lowest BCUT2D eigenvalue weighted by Gasteiger charge is -2.71. The number of hydrogen-bond donors (Lipinski definition) is 1. The van der Waals surface area contributed by atoms with Crippen LogP contribution in [-0.4, -0.2) is 47.4 Å². The Balaban J connectivity index is 1.68. The molecular formula is C33H46O8. The molecule has 226 valence electrons. The number of carbonyl (C=O) groups excluding carboxylic acids is 3. The highest BCUT2D eigenvalue weighted by atomic mass is 16.6. The molecule has 1 heterocycles. The topological polar surface area (TPSA) is 112 Å². The van der Waals surface area contributed by atoms with Crippen LogP contribution in [0, 0.1) is 33.5 Å². The predicted octanol–water partition coefficient (Wildman–Crippen LogP) is 5.73. The number of carbonyl (C=O) groups is 3. The van der Waals surface area contributed by atoms with Gasteiger partial charge in [-0.3, -0.25) is 14.4 Å². The van der Waals surface area contributed by atoms with Crippen molar-refractivity contribution in [3.8, 4) is 0 Å². The number of allylic oxidation sites excluding steroid dienone is 1. The number of furan rings is 1. The molecule has 1 aromatic rings. The number of esters is 3. The zero-order chi connectivity index (χ0) is 30.1. The van der Waals surface area contributed by atoms with E-state index in [1.54, 1.807) is 13.2 Å². The Labute approximate surface area is 243 Å². The van der Waals surface area contributed by atoms with Gasteiger partial charge in [-0.1, -0.05) is 53.2 Å². The van der Waals surface area contributed by atoms with E-state index in [4.69, 9.17) is 18.6 Å². The van der Waals surface area contributed by atoms with Gasteiger partial charge in [0, 0.05) is 48.9 Å². The van der Waals surface area contributed by atoms with Crippen LogP contribution < -0.4 is 0 Å². The van der Waals surface area contributed by atoms with E-state index in [9.17, 15) is 19.5 Å². The number of fused-ring (bicyclic) bond motifs is 5. The average molecular weight is 571 g/mol. The first-order valence-corrected chi connectivity index (χ1v) is 15.1. The molecule has 0 amide bonds. The molecule has 41 heavy (non-hydrogen) atoms. The Bertz CT molecular complexity index is 1230. The summed E-state index contributed by atoms with van der Waals surface area (Å²) in [6.07, 6.45) is 5.79. The fourth-order valence-corrected chi connectivity index (χ4v) is 10.2. The highest BCUT2D eigenvalue weighted by Crippen LogP contribution is 2.74. The normalized spacial score (nSPS) is 42.7. The number of aliphatic hydroxyl groups excluding tert-OH is 1. The first-order valence-electron chi connectivity index (χ1n) is 15.1. The molecule has 0 spiro atoms. The van der Waals surface area contributed by atoms with Crippen LogP contribution in [0.3, 0.4) is 0 Å². The molecule has 8 nitrogen and oxygen atoms in total. The van der Waals surface area contributed by atoms with E-state index in [0.717, 1.165) is 24.8 Å². The summed E-state index contributed by atoms with van der Waals surface area (Å²) in [5.41, 5.74) is 0.00334. The van der Waals surface area contributed by atoms with Gasteiger partial charge in [0.15, 0.2) is 0 Å². The molecule has 1 N–H and O–H groups in total. The molecule has 10 atom stereocenters. The monoisotopic (exact) mass is 570 g/mol. The van der Waals surface area contributed by atoms with Crippen molar-refractivity contribution in [2.75, 3.05) is 0 Å². The van der Waals surface area contributed by atoms with E-state index < -0.39 is 58.5 Å². The van der Waals surface area contributed by atoms with Crippen molar-refractivity contribution >= 4 is 17.9 Å². The summed E-state index contributed by atoms with van der Waals surface area (Å²) < 4.78 is 23.7. The van der Waals surface area contributed by atoms with Gasteiger partial charge in [-0.15, -0.1) is 0 Å². The summed E-state index contributed by atoms with van der Waals surface area (Å²) in [7, 11) is 0. The summed E-state index contributed by atoms with van der Waals surface area (Å²) in [5.74, 6) is -1.56. The molecule has 8 heteroatoms. The van der Waals surface area contributed by atoms with Gasteiger partial charge >= 0.3 is 17.9 Å². The van der Waals surface area contributed by atoms with Crippen LogP contribution in [0.15, 0.2) is 34.7 Å². The minimum Gasteiger partial charge on any atom is -0.472 e. The maximum atomic E-state index is 12.7. The van der Waals surface area contributed by atoms with Crippen LogP contribution in [0.1, 0.15) is 99.0 Å². The van der Waals surface area contributed by atoms with Gasteiger partial charge in [0.05, 0.1) is 18.6 Å². The average Bonchev–Trinajstić information content (AvgIpc) is 3.52. The second kappa shape index (κ2) is 9.99. The van der Waals surface area contributed by atoms with Crippen molar-refractivity contribution in [2.24, 2.45) is 33.5 Å². The predicted molar refractivity (Wildman–Crippen MR) is 150 cm³/mol. The highest BCUT2D eigenvalue weighted by Gasteiger charge is 2.75. The van der Waals surface area contributed by atoms with E-state index in [1.165, 1.54) is 19.4 Å². The smallest absolute Gasteiger partial charge is 0.305 e. The second-order valence-corrected chi connectivity index (χ2v) is 14.1. The maximum absolute atomic E-state index is 12.7. The van der Waals surface area contributed by atoms with Crippen molar-refractivity contribution < 1.29 is 38.1 Å². The number of hydrogen-bond acceptors (Lipinski definition) is 8. The quantitative estimate of drug-likeness (QED) is 0.271. The Morgan fingerprint density at radius 3 is 2.29 bits per heavy atom. The van der Waals surface area contributed by atoms with Gasteiger partial charge in [0.25, 0.3) is 0 Å². The molecule has 0 bridgehead atoms. The van der Waals surface area contributed by atoms with Crippen LogP contribution in [0.2, 0.25) is 0 Å². The summed E-state index contributed by atoms with van der Waals surface area (Å²) in [4.78, 5) is 37.7. The summed E-state index contributed by atoms with van der Waals surface area (Å²) in [6, 6.07) is 2.02. The Hall–Kier alpha value is -2.61. The molecule has 3 saturated carbocycles. The molecular weight excluding hydrogens is 524 g/mol. The van der Waals surface area contributed by atoms with Crippen LogP contribution in [0.5, 0.6) is 0 Å². The molecule has 1 aromatic heterocycles. The fourth-order valence-electron chi connectivity index (χ4n) is 10.2. The van der Waals surface area contributed by atoms with E-state index in [1.807, 2.05) is 26.2 Å². The fraction of sp³-hybridized carbons (Fsp3) is 0.727. The minimum atomic E-state index is -1.09. The Morgan fingerprint density at radius 1 is 1.02 bits per heavy atom. The van der Waals surface area contributed by atoms with E-state index in [0.29, 0.717) is 6.42 Å². The first-order chi connectivity index (χ1) is 19.1. The van der Waals surface area contributed by atoms with Gasteiger partial charge in [-0.2, -0.15) is 0 Å². The highest BCUT2D eigenvalue weighted by molar-refractivity contribution is 5.69. The zero-order valence-corrected chi connectivity index (χ0v) is 25.7. The first kappa shape index (κ1) is 29.9. The van der Waals surface area contributed by atoms with Crippen LogP contribution in [-0.2, 0) is 28.6 Å². The minimum absolute atomic E-state index is 0.0818. The third-order valence-corrected chi connectivity index (χ3v) is 11.7. The zero-order valence-electron chi connectivity index (χ0n) is 25.7. The largest absolute Gasteiger partial charge is 0.472 e. The third-order valence-electron chi connectivity index (χ3n) is 11.7. The molecule has 0 saturated heterocycles. The van der Waals surface area contributed by atoms with Crippen molar-refractivity contribution in [1.82, 2.24) is 0 Å². The lowest BCUT2D eigenvalue weighted by molar-refractivity contribution is -0.295. The molecule has 3 fully saturated rings. The van der Waals surface area contributed by atoms with Gasteiger partial charge in [-0.25, -0.2) is 0 Å². The van der Waals surface area contributed by atoms with E-state index in [-0.39, 0.29) is 29.6 Å².